The van der Waals surface area contributed by atoms with Crippen molar-refractivity contribution in [2.24, 2.45) is 0 Å². The number of anilines is 1. The van der Waals surface area contributed by atoms with Gasteiger partial charge in [-0.2, -0.15) is 0 Å². The first-order valence-electron chi connectivity index (χ1n) is 10.5. The zero-order valence-electron chi connectivity index (χ0n) is 18.6. The highest BCUT2D eigenvalue weighted by atomic mass is 35.5. The molecule has 0 aromatic heterocycles. The van der Waals surface area contributed by atoms with Gasteiger partial charge in [0.15, 0.2) is 0 Å². The maximum atomic E-state index is 13.0. The first-order chi connectivity index (χ1) is 15.8. The number of halogens is 2. The van der Waals surface area contributed by atoms with Gasteiger partial charge in [0.25, 0.3) is 11.8 Å². The molecule has 0 radical (unpaired) electrons. The lowest BCUT2D eigenvalue weighted by Gasteiger charge is -2.38. The Morgan fingerprint density at radius 2 is 1.94 bits per heavy atom. The van der Waals surface area contributed by atoms with E-state index in [1.54, 1.807) is 7.11 Å². The molecule has 2 atom stereocenters. The summed E-state index contributed by atoms with van der Waals surface area (Å²) < 4.78 is 23.9. The molecular formula is C23H28ClFN4O4. The largest absolute Gasteiger partial charge is 0.496 e. The Kier molecular flexibility index (Phi) is 8.49. The van der Waals surface area contributed by atoms with Gasteiger partial charge in [-0.3, -0.25) is 14.5 Å². The third kappa shape index (κ3) is 6.34. The van der Waals surface area contributed by atoms with Crippen molar-refractivity contribution < 1.29 is 23.5 Å². The quantitative estimate of drug-likeness (QED) is 0.503. The topological polar surface area (TPSA) is 106 Å². The van der Waals surface area contributed by atoms with E-state index in [1.807, 2.05) is 0 Å². The van der Waals surface area contributed by atoms with Gasteiger partial charge in [-0.15, -0.1) is 0 Å². The van der Waals surface area contributed by atoms with Crippen molar-refractivity contribution in [3.8, 4) is 5.75 Å². The molecular weight excluding hydrogens is 451 g/mol. The minimum absolute atomic E-state index is 0.200. The van der Waals surface area contributed by atoms with E-state index in [1.165, 1.54) is 43.5 Å². The molecule has 4 N–H and O–H groups in total. The van der Waals surface area contributed by atoms with E-state index < -0.39 is 0 Å². The molecule has 33 heavy (non-hydrogen) atoms. The van der Waals surface area contributed by atoms with Gasteiger partial charge in [0.05, 0.1) is 35.5 Å². The lowest BCUT2D eigenvalue weighted by Crippen LogP contribution is -2.55. The molecule has 1 fully saturated rings. The summed E-state index contributed by atoms with van der Waals surface area (Å²) in [6.07, 6.45) is 0.437. The number of nitrogens with one attached hydrogen (secondary N) is 2. The van der Waals surface area contributed by atoms with Gasteiger partial charge >= 0.3 is 0 Å². The van der Waals surface area contributed by atoms with Gasteiger partial charge in [-0.25, -0.2) is 4.39 Å². The molecule has 178 valence electrons. The van der Waals surface area contributed by atoms with Crippen molar-refractivity contribution in [1.82, 2.24) is 15.5 Å². The fourth-order valence-corrected chi connectivity index (χ4v) is 3.94. The number of nitrogens with two attached hydrogens (primary N) is 1. The van der Waals surface area contributed by atoms with Gasteiger partial charge in [-0.05, 0) is 36.8 Å². The number of carbonyl (C=O) groups excluding carboxylic acids is 2. The maximum absolute atomic E-state index is 13.0. The highest BCUT2D eigenvalue weighted by Crippen LogP contribution is 2.29. The van der Waals surface area contributed by atoms with Crippen molar-refractivity contribution in [2.45, 2.75) is 18.6 Å². The number of benzene rings is 2. The molecule has 3 rings (SSSR count). The van der Waals surface area contributed by atoms with Gasteiger partial charge < -0.3 is 25.8 Å². The number of nitrogen functional groups attached to an aromatic ring is 1. The Hall–Kier alpha value is -2.88. The second-order valence-electron chi connectivity index (χ2n) is 7.78. The lowest BCUT2D eigenvalue weighted by atomic mass is 10.0. The molecule has 10 heteroatoms. The van der Waals surface area contributed by atoms with Crippen LogP contribution in [0.5, 0.6) is 5.75 Å². The summed E-state index contributed by atoms with van der Waals surface area (Å²) in [5.74, 6) is -0.611. The first kappa shape index (κ1) is 24.8. The van der Waals surface area contributed by atoms with Crippen LogP contribution >= 0.6 is 11.6 Å². The number of piperidine rings is 1. The van der Waals surface area contributed by atoms with Gasteiger partial charge in [0.2, 0.25) is 0 Å². The Labute approximate surface area is 197 Å². The maximum Gasteiger partial charge on any atom is 0.255 e. The fraction of sp³-hybridized carbons (Fsp3) is 0.391. The number of likely N-dealkylation sites (tertiary alicyclic amines) is 1. The third-order valence-corrected chi connectivity index (χ3v) is 5.97. The van der Waals surface area contributed by atoms with Crippen LogP contribution in [0.4, 0.5) is 10.1 Å². The van der Waals surface area contributed by atoms with E-state index in [0.29, 0.717) is 48.6 Å². The van der Waals surface area contributed by atoms with Crippen molar-refractivity contribution in [2.75, 3.05) is 46.1 Å². The Balaban J connectivity index is 1.52. The van der Waals surface area contributed by atoms with Crippen LogP contribution in [0, 0.1) is 5.82 Å². The summed E-state index contributed by atoms with van der Waals surface area (Å²) in [5.41, 5.74) is 6.84. The van der Waals surface area contributed by atoms with Crippen LogP contribution < -0.4 is 21.1 Å². The number of hydrogen-bond donors (Lipinski definition) is 3. The fourth-order valence-electron chi connectivity index (χ4n) is 3.78. The average molecular weight is 479 g/mol. The number of nitrogens with zero attached hydrogens (tertiary/aromatic N) is 1. The van der Waals surface area contributed by atoms with Crippen molar-refractivity contribution >= 4 is 29.1 Å². The molecule has 0 saturated carbocycles. The van der Waals surface area contributed by atoms with E-state index in [0.717, 1.165) is 6.54 Å². The average Bonchev–Trinajstić information content (AvgIpc) is 2.81. The summed E-state index contributed by atoms with van der Waals surface area (Å²) >= 11 is 6.08. The number of ether oxygens (including phenoxy) is 2. The summed E-state index contributed by atoms with van der Waals surface area (Å²) in [5, 5.41) is 6.12. The molecule has 2 aromatic carbocycles. The summed E-state index contributed by atoms with van der Waals surface area (Å²) in [6.45, 7) is 2.37. The van der Waals surface area contributed by atoms with Crippen LogP contribution in [0.3, 0.4) is 0 Å². The standard InChI is InChI=1S/C23H28ClFN4O4/c1-32-20-12-18(26)17(24)11-16(20)23(31)28-19-7-9-29(13-21(19)33-2)10-8-27-22(30)14-3-5-15(25)6-4-14/h3-6,11-12,19,21H,7-10,13,26H2,1-2H3,(H,27,30)(H,28,31)/t19-,21+/m1/s1. The Morgan fingerprint density at radius 1 is 1.21 bits per heavy atom. The molecule has 1 heterocycles. The second-order valence-corrected chi connectivity index (χ2v) is 8.19. The molecule has 0 aliphatic carbocycles. The van der Waals surface area contributed by atoms with E-state index >= 15 is 0 Å². The molecule has 2 aromatic rings. The van der Waals surface area contributed by atoms with Crippen LogP contribution in [0.15, 0.2) is 36.4 Å². The minimum atomic E-state index is -0.384. The van der Waals surface area contributed by atoms with Crippen LogP contribution in [-0.2, 0) is 4.74 Å². The second kappa shape index (κ2) is 11.3. The SMILES string of the molecule is COc1cc(N)c(Cl)cc1C(=O)N[C@@H]1CCN(CCNC(=O)c2ccc(F)cc2)C[C@@H]1OC. The van der Waals surface area contributed by atoms with Crippen molar-refractivity contribution in [3.05, 3.63) is 58.4 Å². The van der Waals surface area contributed by atoms with Gasteiger partial charge in [0, 0.05) is 44.9 Å². The van der Waals surface area contributed by atoms with E-state index in [2.05, 4.69) is 15.5 Å². The molecule has 1 saturated heterocycles. The van der Waals surface area contributed by atoms with E-state index in [4.69, 9.17) is 26.8 Å². The number of carbonyl (C=O) groups is 2. The lowest BCUT2D eigenvalue weighted by molar-refractivity contribution is 0.00682. The molecule has 8 nitrogen and oxygen atoms in total. The first-order valence-corrected chi connectivity index (χ1v) is 10.9. The smallest absolute Gasteiger partial charge is 0.255 e. The molecule has 1 aliphatic rings. The predicted molar refractivity (Wildman–Crippen MR) is 124 cm³/mol. The zero-order valence-corrected chi connectivity index (χ0v) is 19.3. The predicted octanol–water partition coefficient (Wildman–Crippen LogP) is 2.32. The molecule has 0 unspecified atom stereocenters. The monoisotopic (exact) mass is 478 g/mol. The van der Waals surface area contributed by atoms with Crippen LogP contribution in [-0.4, -0.2) is 69.3 Å². The van der Waals surface area contributed by atoms with Gasteiger partial charge in [0.1, 0.15) is 11.6 Å². The van der Waals surface area contributed by atoms with Crippen LogP contribution in [0.2, 0.25) is 5.02 Å². The Morgan fingerprint density at radius 3 is 2.61 bits per heavy atom. The van der Waals surface area contributed by atoms with Crippen molar-refractivity contribution in [3.63, 3.8) is 0 Å². The number of hydrogen-bond acceptors (Lipinski definition) is 6. The number of amides is 2. The van der Waals surface area contributed by atoms with Gasteiger partial charge in [-0.1, -0.05) is 11.6 Å². The molecule has 2 amide bonds. The number of methoxy groups -OCH3 is 2. The minimum Gasteiger partial charge on any atom is -0.496 e. The highest BCUT2D eigenvalue weighted by Gasteiger charge is 2.31. The zero-order chi connectivity index (χ0) is 24.0. The summed E-state index contributed by atoms with van der Waals surface area (Å²) in [4.78, 5) is 27.2. The van der Waals surface area contributed by atoms with Crippen molar-refractivity contribution in [1.29, 1.82) is 0 Å². The summed E-state index contributed by atoms with van der Waals surface area (Å²) in [6, 6.07) is 8.22. The molecule has 0 bridgehead atoms. The highest BCUT2D eigenvalue weighted by molar-refractivity contribution is 6.33. The van der Waals surface area contributed by atoms with Crippen LogP contribution in [0.25, 0.3) is 0 Å². The number of rotatable bonds is 8. The van der Waals surface area contributed by atoms with E-state index in [9.17, 15) is 14.0 Å². The van der Waals surface area contributed by atoms with E-state index in [-0.39, 0.29) is 34.8 Å². The third-order valence-electron chi connectivity index (χ3n) is 5.65. The molecule has 0 spiro atoms. The molecule has 1 aliphatic heterocycles. The Bertz CT molecular complexity index is 989. The van der Waals surface area contributed by atoms with Crippen LogP contribution in [0.1, 0.15) is 27.1 Å². The summed E-state index contributed by atoms with van der Waals surface area (Å²) in [7, 11) is 3.06. The normalized spacial score (nSPS) is 18.5.